The van der Waals surface area contributed by atoms with Crippen molar-refractivity contribution in [2.75, 3.05) is 11.1 Å². The van der Waals surface area contributed by atoms with E-state index in [1.165, 1.54) is 24.4 Å². The summed E-state index contributed by atoms with van der Waals surface area (Å²) >= 11 is 11.5. The molecule has 4 nitrogen and oxygen atoms in total. The number of rotatable bonds is 2. The number of nitrogen functional groups attached to an aromatic ring is 1. The molecule has 0 radical (unpaired) electrons. The summed E-state index contributed by atoms with van der Waals surface area (Å²) in [6, 6.07) is 5.17. The topological polar surface area (TPSA) is 68.0 Å². The lowest BCUT2D eigenvalue weighted by Crippen LogP contribution is -2.14. The van der Waals surface area contributed by atoms with Gasteiger partial charge in [-0.3, -0.25) is 4.79 Å². The molecule has 0 fully saturated rings. The van der Waals surface area contributed by atoms with E-state index in [4.69, 9.17) is 28.9 Å². The van der Waals surface area contributed by atoms with E-state index < -0.39 is 11.7 Å². The number of amides is 1. The zero-order chi connectivity index (χ0) is 14.0. The molecule has 98 valence electrons. The molecule has 0 bridgehead atoms. The average Bonchev–Trinajstić information content (AvgIpc) is 2.36. The molecule has 0 aliphatic carbocycles. The van der Waals surface area contributed by atoms with Crippen LogP contribution in [0.2, 0.25) is 10.2 Å². The number of hydrogen-bond donors (Lipinski definition) is 2. The Kier molecular flexibility index (Phi) is 3.87. The van der Waals surface area contributed by atoms with Crippen molar-refractivity contribution >= 4 is 40.5 Å². The Morgan fingerprint density at radius 1 is 1.32 bits per heavy atom. The van der Waals surface area contributed by atoms with Crippen LogP contribution in [0, 0.1) is 5.82 Å². The Balaban J connectivity index is 2.30. The Morgan fingerprint density at radius 3 is 2.79 bits per heavy atom. The molecule has 2 rings (SSSR count). The number of anilines is 2. The van der Waals surface area contributed by atoms with Crippen molar-refractivity contribution < 1.29 is 9.18 Å². The second-order valence-electron chi connectivity index (χ2n) is 3.69. The molecule has 19 heavy (non-hydrogen) atoms. The van der Waals surface area contributed by atoms with E-state index in [9.17, 15) is 9.18 Å². The summed E-state index contributed by atoms with van der Waals surface area (Å²) in [5.74, 6) is -1.23. The van der Waals surface area contributed by atoms with Gasteiger partial charge in [0.25, 0.3) is 5.91 Å². The van der Waals surface area contributed by atoms with Crippen molar-refractivity contribution in [3.63, 3.8) is 0 Å². The lowest BCUT2D eigenvalue weighted by Gasteiger charge is -2.08. The number of nitrogens with two attached hydrogens (primary N) is 1. The SMILES string of the molecule is Nc1cnc(Cl)c(C(=O)Nc2cc(Cl)ccc2F)c1. The third-order valence-electron chi connectivity index (χ3n) is 2.28. The van der Waals surface area contributed by atoms with Crippen molar-refractivity contribution in [1.82, 2.24) is 4.98 Å². The molecule has 2 aromatic rings. The highest BCUT2D eigenvalue weighted by Gasteiger charge is 2.14. The minimum absolute atomic E-state index is 0.0193. The van der Waals surface area contributed by atoms with Crippen molar-refractivity contribution in [3.05, 3.63) is 52.0 Å². The summed E-state index contributed by atoms with van der Waals surface area (Å²) in [7, 11) is 0. The first-order chi connectivity index (χ1) is 8.97. The van der Waals surface area contributed by atoms with Gasteiger partial charge in [-0.25, -0.2) is 9.37 Å². The maximum Gasteiger partial charge on any atom is 0.258 e. The molecule has 0 saturated carbocycles. The number of aromatic nitrogens is 1. The molecule has 0 aliphatic rings. The molecule has 0 aliphatic heterocycles. The maximum atomic E-state index is 13.5. The van der Waals surface area contributed by atoms with Crippen LogP contribution in [0.4, 0.5) is 15.8 Å². The smallest absolute Gasteiger partial charge is 0.258 e. The molecular weight excluding hydrogens is 292 g/mol. The minimum atomic E-state index is -0.619. The Morgan fingerprint density at radius 2 is 2.05 bits per heavy atom. The quantitative estimate of drug-likeness (QED) is 0.836. The minimum Gasteiger partial charge on any atom is -0.397 e. The summed E-state index contributed by atoms with van der Waals surface area (Å²) in [4.78, 5) is 15.7. The second-order valence-corrected chi connectivity index (χ2v) is 4.48. The molecule has 1 amide bonds. The summed E-state index contributed by atoms with van der Waals surface area (Å²) in [6.45, 7) is 0. The van der Waals surface area contributed by atoms with Gasteiger partial charge in [-0.2, -0.15) is 0 Å². The van der Waals surface area contributed by atoms with Crippen LogP contribution in [0.1, 0.15) is 10.4 Å². The van der Waals surface area contributed by atoms with E-state index in [1.807, 2.05) is 0 Å². The van der Waals surface area contributed by atoms with Gasteiger partial charge in [0.15, 0.2) is 0 Å². The van der Waals surface area contributed by atoms with E-state index >= 15 is 0 Å². The third kappa shape index (κ3) is 3.13. The summed E-state index contributed by atoms with van der Waals surface area (Å²) in [5.41, 5.74) is 5.81. The van der Waals surface area contributed by atoms with Gasteiger partial charge in [0.05, 0.1) is 23.1 Å². The molecule has 1 aromatic carbocycles. The number of pyridine rings is 1. The van der Waals surface area contributed by atoms with Crippen LogP contribution in [-0.4, -0.2) is 10.9 Å². The predicted molar refractivity (Wildman–Crippen MR) is 73.0 cm³/mol. The van der Waals surface area contributed by atoms with E-state index in [2.05, 4.69) is 10.3 Å². The normalized spacial score (nSPS) is 10.3. The van der Waals surface area contributed by atoms with Gasteiger partial charge >= 0.3 is 0 Å². The van der Waals surface area contributed by atoms with Crippen LogP contribution in [0.3, 0.4) is 0 Å². The van der Waals surface area contributed by atoms with Gasteiger partial charge < -0.3 is 11.1 Å². The maximum absolute atomic E-state index is 13.5. The summed E-state index contributed by atoms with van der Waals surface area (Å²) < 4.78 is 13.5. The zero-order valence-electron chi connectivity index (χ0n) is 9.45. The highest BCUT2D eigenvalue weighted by molar-refractivity contribution is 6.33. The molecule has 0 spiro atoms. The van der Waals surface area contributed by atoms with E-state index in [1.54, 1.807) is 0 Å². The first kappa shape index (κ1) is 13.6. The molecule has 0 saturated heterocycles. The van der Waals surface area contributed by atoms with Crippen LogP contribution in [0.5, 0.6) is 0 Å². The van der Waals surface area contributed by atoms with Gasteiger partial charge in [-0.05, 0) is 24.3 Å². The fourth-order valence-electron chi connectivity index (χ4n) is 1.41. The Bertz CT molecular complexity index is 649. The number of nitrogens with one attached hydrogen (secondary N) is 1. The molecular formula is C12H8Cl2FN3O. The van der Waals surface area contributed by atoms with Crippen molar-refractivity contribution in [2.45, 2.75) is 0 Å². The average molecular weight is 300 g/mol. The molecule has 1 heterocycles. The van der Waals surface area contributed by atoms with Gasteiger partial charge in [-0.15, -0.1) is 0 Å². The third-order valence-corrected chi connectivity index (χ3v) is 2.82. The van der Waals surface area contributed by atoms with Gasteiger partial charge in [-0.1, -0.05) is 23.2 Å². The lowest BCUT2D eigenvalue weighted by atomic mass is 10.2. The molecule has 7 heteroatoms. The largest absolute Gasteiger partial charge is 0.397 e. The fourth-order valence-corrected chi connectivity index (χ4v) is 1.77. The van der Waals surface area contributed by atoms with Crippen LogP contribution in [0.25, 0.3) is 0 Å². The summed E-state index contributed by atoms with van der Waals surface area (Å²) in [6.07, 6.45) is 1.32. The molecule has 0 unspecified atom stereocenters. The molecule has 0 atom stereocenters. The number of hydrogen-bond acceptors (Lipinski definition) is 3. The highest BCUT2D eigenvalue weighted by Crippen LogP contribution is 2.22. The number of benzene rings is 1. The van der Waals surface area contributed by atoms with Crippen LogP contribution < -0.4 is 11.1 Å². The Hall–Kier alpha value is -1.85. The van der Waals surface area contributed by atoms with E-state index in [0.29, 0.717) is 5.02 Å². The standard InChI is InChI=1S/C12H8Cl2FN3O/c13-6-1-2-9(15)10(3-6)18-12(19)8-4-7(16)5-17-11(8)14/h1-5H,16H2,(H,18,19). The Labute approximate surface area is 118 Å². The first-order valence-electron chi connectivity index (χ1n) is 5.15. The first-order valence-corrected chi connectivity index (χ1v) is 5.90. The van der Waals surface area contributed by atoms with E-state index in [0.717, 1.165) is 6.07 Å². The van der Waals surface area contributed by atoms with Gasteiger partial charge in [0.1, 0.15) is 11.0 Å². The number of carbonyl (C=O) groups excluding carboxylic acids is 1. The predicted octanol–water partition coefficient (Wildman–Crippen LogP) is 3.36. The molecule has 1 aromatic heterocycles. The second kappa shape index (κ2) is 5.42. The van der Waals surface area contributed by atoms with Gasteiger partial charge in [0, 0.05) is 5.02 Å². The number of nitrogens with zero attached hydrogens (tertiary/aromatic N) is 1. The molecule has 3 N–H and O–H groups in total. The van der Waals surface area contributed by atoms with Crippen LogP contribution in [-0.2, 0) is 0 Å². The zero-order valence-corrected chi connectivity index (χ0v) is 11.0. The summed E-state index contributed by atoms with van der Waals surface area (Å²) in [5, 5.41) is 2.64. The lowest BCUT2D eigenvalue weighted by molar-refractivity contribution is 0.102. The van der Waals surface area contributed by atoms with Crippen molar-refractivity contribution in [1.29, 1.82) is 0 Å². The van der Waals surface area contributed by atoms with Crippen LogP contribution in [0.15, 0.2) is 30.5 Å². The number of carbonyl (C=O) groups is 1. The van der Waals surface area contributed by atoms with E-state index in [-0.39, 0.29) is 22.1 Å². The van der Waals surface area contributed by atoms with Crippen LogP contribution >= 0.6 is 23.2 Å². The van der Waals surface area contributed by atoms with Crippen molar-refractivity contribution in [3.8, 4) is 0 Å². The van der Waals surface area contributed by atoms with Gasteiger partial charge in [0.2, 0.25) is 0 Å². The monoisotopic (exact) mass is 299 g/mol. The highest BCUT2D eigenvalue weighted by atomic mass is 35.5. The number of halogens is 3. The van der Waals surface area contributed by atoms with Crippen molar-refractivity contribution in [2.24, 2.45) is 0 Å². The fraction of sp³-hybridized carbons (Fsp3) is 0.